The zero-order valence-electron chi connectivity index (χ0n) is 13.5. The monoisotopic (exact) mass is 330 g/mol. The molecule has 128 valence electrons. The van der Waals surface area contributed by atoms with E-state index >= 15 is 0 Å². The van der Waals surface area contributed by atoms with Gasteiger partial charge in [0, 0.05) is 19.5 Å². The minimum Gasteiger partial charge on any atom is -0.356 e. The van der Waals surface area contributed by atoms with E-state index in [1.165, 1.54) is 4.57 Å². The Balaban J connectivity index is 1.60. The first kappa shape index (κ1) is 16.4. The van der Waals surface area contributed by atoms with Crippen molar-refractivity contribution in [3.63, 3.8) is 0 Å². The van der Waals surface area contributed by atoms with Crippen molar-refractivity contribution in [3.05, 3.63) is 45.1 Å². The van der Waals surface area contributed by atoms with E-state index in [1.54, 1.807) is 24.3 Å². The van der Waals surface area contributed by atoms with Gasteiger partial charge in [-0.15, -0.1) is 0 Å². The molecule has 3 rings (SSSR count). The number of aryl methyl sites for hydroxylation is 1. The van der Waals surface area contributed by atoms with Crippen LogP contribution in [-0.2, 0) is 11.3 Å². The Labute approximate surface area is 139 Å². The fraction of sp³-hybridized carbons (Fsp3) is 0.471. The molecule has 3 N–H and O–H groups in total. The minimum absolute atomic E-state index is 0.0804. The second-order valence-corrected chi connectivity index (χ2v) is 6.18. The van der Waals surface area contributed by atoms with Crippen molar-refractivity contribution < 1.29 is 4.79 Å². The molecule has 2 heterocycles. The molecule has 0 saturated carbocycles. The van der Waals surface area contributed by atoms with Crippen molar-refractivity contribution in [2.75, 3.05) is 19.6 Å². The van der Waals surface area contributed by atoms with E-state index in [1.807, 2.05) is 0 Å². The van der Waals surface area contributed by atoms with Crippen LogP contribution >= 0.6 is 0 Å². The molecular formula is C17H22N4O3. The summed E-state index contributed by atoms with van der Waals surface area (Å²) in [6.45, 7) is 2.98. The van der Waals surface area contributed by atoms with E-state index in [-0.39, 0.29) is 18.9 Å². The van der Waals surface area contributed by atoms with E-state index in [4.69, 9.17) is 0 Å². The average Bonchev–Trinajstić information content (AvgIpc) is 3.08. The van der Waals surface area contributed by atoms with Crippen LogP contribution in [0.5, 0.6) is 0 Å². The predicted octanol–water partition coefficient (Wildman–Crippen LogP) is 0.196. The topological polar surface area (TPSA) is 96.0 Å². The number of para-hydroxylation sites is 1. The summed E-state index contributed by atoms with van der Waals surface area (Å²) in [5, 5.41) is 6.66. The molecule has 0 radical (unpaired) electrons. The molecule has 1 aliphatic rings. The second-order valence-electron chi connectivity index (χ2n) is 6.18. The van der Waals surface area contributed by atoms with Gasteiger partial charge in [-0.05, 0) is 44.0 Å². The zero-order chi connectivity index (χ0) is 16.9. The molecule has 7 nitrogen and oxygen atoms in total. The molecular weight excluding hydrogens is 308 g/mol. The van der Waals surface area contributed by atoms with E-state index < -0.39 is 11.2 Å². The number of nitrogens with zero attached hydrogens (tertiary/aromatic N) is 1. The maximum Gasteiger partial charge on any atom is 0.328 e. The summed E-state index contributed by atoms with van der Waals surface area (Å²) in [5.41, 5.74) is -0.332. The van der Waals surface area contributed by atoms with Crippen LogP contribution in [0.25, 0.3) is 10.9 Å². The first-order chi connectivity index (χ1) is 11.6. The number of aromatic nitrogens is 2. The first-order valence-corrected chi connectivity index (χ1v) is 8.34. The summed E-state index contributed by atoms with van der Waals surface area (Å²) in [6.07, 6.45) is 2.34. The normalized spacial score (nSPS) is 17.2. The summed E-state index contributed by atoms with van der Waals surface area (Å²) < 4.78 is 1.44. The molecule has 1 fully saturated rings. The molecule has 1 aliphatic heterocycles. The Morgan fingerprint density at radius 3 is 2.92 bits per heavy atom. The lowest BCUT2D eigenvalue weighted by atomic mass is 10.1. The lowest BCUT2D eigenvalue weighted by Gasteiger charge is -2.11. The van der Waals surface area contributed by atoms with E-state index in [0.29, 0.717) is 23.4 Å². The number of amides is 1. The Bertz CT molecular complexity index is 834. The molecule has 2 aromatic rings. The van der Waals surface area contributed by atoms with Gasteiger partial charge in [0.2, 0.25) is 5.91 Å². The van der Waals surface area contributed by atoms with Crippen LogP contribution in [0.1, 0.15) is 19.3 Å². The minimum atomic E-state index is -0.483. The SMILES string of the molecule is O=C(CCn1c(=O)[nH]c(=O)c2ccccc21)NCCC1CCNC1. The number of H-pyrrole nitrogens is 1. The molecule has 1 amide bonds. The maximum atomic E-state index is 12.0. The van der Waals surface area contributed by atoms with E-state index in [9.17, 15) is 14.4 Å². The van der Waals surface area contributed by atoms with E-state index in [0.717, 1.165) is 25.9 Å². The van der Waals surface area contributed by atoms with Crippen molar-refractivity contribution in [2.24, 2.45) is 5.92 Å². The zero-order valence-corrected chi connectivity index (χ0v) is 13.5. The Kier molecular flexibility index (Phi) is 5.10. The standard InChI is InChI=1S/C17H22N4O3/c22-15(19-9-6-12-5-8-18-11-12)7-10-21-14-4-2-1-3-13(14)16(23)20-17(21)24/h1-4,12,18H,5-11H2,(H,19,22)(H,20,23,24). The predicted molar refractivity (Wildman–Crippen MR) is 92.0 cm³/mol. The molecule has 1 atom stereocenters. The van der Waals surface area contributed by atoms with Crippen molar-refractivity contribution >= 4 is 16.8 Å². The second kappa shape index (κ2) is 7.44. The van der Waals surface area contributed by atoms with Crippen molar-refractivity contribution in [1.82, 2.24) is 20.2 Å². The van der Waals surface area contributed by atoms with E-state index in [2.05, 4.69) is 15.6 Å². The van der Waals surface area contributed by atoms with Crippen LogP contribution in [0.2, 0.25) is 0 Å². The van der Waals surface area contributed by atoms with Gasteiger partial charge in [0.1, 0.15) is 0 Å². The molecule has 24 heavy (non-hydrogen) atoms. The average molecular weight is 330 g/mol. The van der Waals surface area contributed by atoms with Crippen LogP contribution in [0.3, 0.4) is 0 Å². The number of carbonyl (C=O) groups excluding carboxylic acids is 1. The number of fused-ring (bicyclic) bond motifs is 1. The summed E-state index contributed by atoms with van der Waals surface area (Å²) in [7, 11) is 0. The molecule has 1 saturated heterocycles. The van der Waals surface area contributed by atoms with Crippen LogP contribution in [0.15, 0.2) is 33.9 Å². The third kappa shape index (κ3) is 3.73. The number of rotatable bonds is 6. The highest BCUT2D eigenvalue weighted by atomic mass is 16.2. The van der Waals surface area contributed by atoms with Gasteiger partial charge in [-0.2, -0.15) is 0 Å². The third-order valence-electron chi connectivity index (χ3n) is 4.50. The van der Waals surface area contributed by atoms with Crippen LogP contribution in [-0.4, -0.2) is 35.1 Å². The van der Waals surface area contributed by atoms with Gasteiger partial charge in [-0.25, -0.2) is 4.79 Å². The number of hydrogen-bond acceptors (Lipinski definition) is 4. The van der Waals surface area contributed by atoms with Gasteiger partial charge < -0.3 is 10.6 Å². The maximum absolute atomic E-state index is 12.0. The van der Waals surface area contributed by atoms with Crippen molar-refractivity contribution in [2.45, 2.75) is 25.8 Å². The van der Waals surface area contributed by atoms with Gasteiger partial charge in [0.15, 0.2) is 0 Å². The third-order valence-corrected chi connectivity index (χ3v) is 4.50. The lowest BCUT2D eigenvalue weighted by Crippen LogP contribution is -2.33. The Hall–Kier alpha value is -2.41. The molecule has 0 aliphatic carbocycles. The van der Waals surface area contributed by atoms with Gasteiger partial charge in [0.05, 0.1) is 10.9 Å². The van der Waals surface area contributed by atoms with Crippen LogP contribution < -0.4 is 21.9 Å². The van der Waals surface area contributed by atoms with Gasteiger partial charge >= 0.3 is 5.69 Å². The molecule has 1 aromatic heterocycles. The molecule has 0 spiro atoms. The highest BCUT2D eigenvalue weighted by Gasteiger charge is 2.14. The molecule has 1 aromatic carbocycles. The number of carbonyl (C=O) groups is 1. The van der Waals surface area contributed by atoms with Crippen LogP contribution in [0, 0.1) is 5.92 Å². The first-order valence-electron chi connectivity index (χ1n) is 8.34. The largest absolute Gasteiger partial charge is 0.356 e. The highest BCUT2D eigenvalue weighted by molar-refractivity contribution is 5.78. The van der Waals surface area contributed by atoms with Crippen molar-refractivity contribution in [3.8, 4) is 0 Å². The van der Waals surface area contributed by atoms with Crippen molar-refractivity contribution in [1.29, 1.82) is 0 Å². The number of benzene rings is 1. The number of nitrogens with one attached hydrogen (secondary N) is 3. The Morgan fingerprint density at radius 1 is 1.29 bits per heavy atom. The highest BCUT2D eigenvalue weighted by Crippen LogP contribution is 2.11. The summed E-state index contributed by atoms with van der Waals surface area (Å²) in [5.74, 6) is 0.555. The Morgan fingerprint density at radius 2 is 2.12 bits per heavy atom. The summed E-state index contributed by atoms with van der Waals surface area (Å²) in [6, 6.07) is 6.90. The quantitative estimate of drug-likeness (QED) is 0.705. The van der Waals surface area contributed by atoms with Gasteiger partial charge in [-0.3, -0.25) is 19.1 Å². The lowest BCUT2D eigenvalue weighted by molar-refractivity contribution is -0.121. The molecule has 1 unspecified atom stereocenters. The molecule has 7 heteroatoms. The summed E-state index contributed by atoms with van der Waals surface area (Å²) in [4.78, 5) is 38.1. The van der Waals surface area contributed by atoms with Gasteiger partial charge in [0.25, 0.3) is 5.56 Å². The summed E-state index contributed by atoms with van der Waals surface area (Å²) >= 11 is 0. The smallest absolute Gasteiger partial charge is 0.328 e. The number of aromatic amines is 1. The fourth-order valence-corrected chi connectivity index (χ4v) is 3.14. The number of hydrogen-bond donors (Lipinski definition) is 3. The molecule has 0 bridgehead atoms. The van der Waals surface area contributed by atoms with Crippen LogP contribution in [0.4, 0.5) is 0 Å². The van der Waals surface area contributed by atoms with Gasteiger partial charge in [-0.1, -0.05) is 12.1 Å². The fourth-order valence-electron chi connectivity index (χ4n) is 3.14.